The van der Waals surface area contributed by atoms with Crippen LogP contribution in [0.3, 0.4) is 0 Å². The summed E-state index contributed by atoms with van der Waals surface area (Å²) in [5.41, 5.74) is 3.77. The number of rotatable bonds is 8. The Balaban J connectivity index is 1.44. The van der Waals surface area contributed by atoms with E-state index in [2.05, 4.69) is 15.8 Å². The van der Waals surface area contributed by atoms with Crippen LogP contribution in [0, 0.1) is 0 Å². The van der Waals surface area contributed by atoms with Gasteiger partial charge in [0.25, 0.3) is 5.91 Å². The molecule has 29 heavy (non-hydrogen) atoms. The second kappa shape index (κ2) is 9.75. The van der Waals surface area contributed by atoms with Crippen molar-refractivity contribution in [3.8, 4) is 11.5 Å². The highest BCUT2D eigenvalue weighted by Crippen LogP contribution is 2.15. The third-order valence-electron chi connectivity index (χ3n) is 3.75. The number of hydrazone groups is 1. The van der Waals surface area contributed by atoms with Gasteiger partial charge in [0.2, 0.25) is 0 Å². The molecule has 0 fully saturated rings. The van der Waals surface area contributed by atoms with Crippen LogP contribution in [0.15, 0.2) is 76.4 Å². The molecule has 3 rings (SSSR count). The zero-order valence-corrected chi connectivity index (χ0v) is 15.6. The summed E-state index contributed by atoms with van der Waals surface area (Å²) >= 11 is 0. The van der Waals surface area contributed by atoms with Crippen LogP contribution in [0.25, 0.3) is 0 Å². The zero-order chi connectivity index (χ0) is 20.5. The molecular weight excluding hydrogens is 374 g/mol. The maximum atomic E-state index is 12.0. The quantitative estimate of drug-likeness (QED) is 0.452. The summed E-state index contributed by atoms with van der Waals surface area (Å²) in [7, 11) is 1.58. The van der Waals surface area contributed by atoms with Crippen LogP contribution in [0.4, 0.5) is 5.69 Å². The van der Waals surface area contributed by atoms with E-state index in [4.69, 9.17) is 13.9 Å². The number of benzene rings is 2. The van der Waals surface area contributed by atoms with Crippen molar-refractivity contribution in [2.45, 2.75) is 0 Å². The number of nitrogens with zero attached hydrogens (tertiary/aromatic N) is 1. The SMILES string of the molecule is COc1ccc(NC(=O)COc2ccc(/C=N\NC(=O)c3ccco3)cc2)cc1. The fourth-order valence-corrected chi connectivity index (χ4v) is 2.30. The van der Waals surface area contributed by atoms with Gasteiger partial charge in [-0.25, -0.2) is 5.43 Å². The molecular formula is C21H19N3O5. The van der Waals surface area contributed by atoms with Gasteiger partial charge in [-0.1, -0.05) is 0 Å². The molecule has 3 aromatic rings. The number of carbonyl (C=O) groups is 2. The molecule has 0 aliphatic heterocycles. The lowest BCUT2D eigenvalue weighted by Gasteiger charge is -2.08. The highest BCUT2D eigenvalue weighted by molar-refractivity contribution is 5.92. The van der Waals surface area contributed by atoms with Gasteiger partial charge in [-0.2, -0.15) is 5.10 Å². The van der Waals surface area contributed by atoms with Crippen LogP contribution < -0.4 is 20.2 Å². The summed E-state index contributed by atoms with van der Waals surface area (Å²) in [4.78, 5) is 23.7. The first kappa shape index (κ1) is 19.7. The van der Waals surface area contributed by atoms with E-state index >= 15 is 0 Å². The number of furan rings is 1. The number of amides is 2. The van der Waals surface area contributed by atoms with Gasteiger partial charge in [-0.3, -0.25) is 9.59 Å². The van der Waals surface area contributed by atoms with Crippen LogP contribution >= 0.6 is 0 Å². The molecule has 2 N–H and O–H groups in total. The molecule has 1 aromatic heterocycles. The Bertz CT molecular complexity index is 965. The predicted octanol–water partition coefficient (Wildman–Crippen LogP) is 3.07. The molecule has 2 aromatic carbocycles. The number of hydrogen-bond donors (Lipinski definition) is 2. The third-order valence-corrected chi connectivity index (χ3v) is 3.75. The first-order valence-corrected chi connectivity index (χ1v) is 8.68. The average molecular weight is 393 g/mol. The summed E-state index contributed by atoms with van der Waals surface area (Å²) in [5.74, 6) is 0.712. The van der Waals surface area contributed by atoms with E-state index in [1.165, 1.54) is 12.5 Å². The largest absolute Gasteiger partial charge is 0.497 e. The van der Waals surface area contributed by atoms with Crippen molar-refractivity contribution in [1.29, 1.82) is 0 Å². The lowest BCUT2D eigenvalue weighted by Crippen LogP contribution is -2.20. The fourth-order valence-electron chi connectivity index (χ4n) is 2.30. The maximum absolute atomic E-state index is 12.0. The monoisotopic (exact) mass is 393 g/mol. The van der Waals surface area contributed by atoms with Crippen molar-refractivity contribution >= 4 is 23.7 Å². The van der Waals surface area contributed by atoms with Gasteiger partial charge < -0.3 is 19.2 Å². The van der Waals surface area contributed by atoms with Gasteiger partial charge >= 0.3 is 5.91 Å². The first-order chi connectivity index (χ1) is 14.1. The van der Waals surface area contributed by atoms with Crippen LogP contribution in [0.1, 0.15) is 16.1 Å². The zero-order valence-electron chi connectivity index (χ0n) is 15.6. The Labute approximate surface area is 167 Å². The molecule has 0 bridgehead atoms. The maximum Gasteiger partial charge on any atom is 0.307 e. The summed E-state index contributed by atoms with van der Waals surface area (Å²) in [5, 5.41) is 6.60. The molecule has 0 aliphatic rings. The summed E-state index contributed by atoms with van der Waals surface area (Å²) in [6, 6.07) is 17.1. The number of ether oxygens (including phenoxy) is 2. The molecule has 0 spiro atoms. The van der Waals surface area contributed by atoms with Gasteiger partial charge in [0.1, 0.15) is 11.5 Å². The van der Waals surface area contributed by atoms with Gasteiger partial charge in [-0.05, 0) is 66.2 Å². The van der Waals surface area contributed by atoms with Gasteiger partial charge in [0, 0.05) is 5.69 Å². The van der Waals surface area contributed by atoms with E-state index in [1.807, 2.05) is 0 Å². The van der Waals surface area contributed by atoms with Crippen LogP contribution in [0.5, 0.6) is 11.5 Å². The fraction of sp³-hybridized carbons (Fsp3) is 0.0952. The molecule has 0 radical (unpaired) electrons. The molecule has 0 saturated heterocycles. The Morgan fingerprint density at radius 3 is 2.41 bits per heavy atom. The van der Waals surface area contributed by atoms with Crippen LogP contribution in [-0.4, -0.2) is 31.7 Å². The Morgan fingerprint density at radius 1 is 1.03 bits per heavy atom. The predicted molar refractivity (Wildman–Crippen MR) is 107 cm³/mol. The molecule has 148 valence electrons. The number of nitrogens with one attached hydrogen (secondary N) is 2. The van der Waals surface area contributed by atoms with E-state index in [-0.39, 0.29) is 18.3 Å². The highest BCUT2D eigenvalue weighted by atomic mass is 16.5. The van der Waals surface area contributed by atoms with E-state index in [9.17, 15) is 9.59 Å². The molecule has 8 heteroatoms. The number of hydrogen-bond acceptors (Lipinski definition) is 6. The van der Waals surface area contributed by atoms with Gasteiger partial charge in [0.05, 0.1) is 19.6 Å². The molecule has 0 aliphatic carbocycles. The summed E-state index contributed by atoms with van der Waals surface area (Å²) < 4.78 is 15.5. The van der Waals surface area contributed by atoms with Crippen molar-refractivity contribution in [2.24, 2.45) is 5.10 Å². The van der Waals surface area contributed by atoms with Crippen molar-refractivity contribution in [1.82, 2.24) is 5.43 Å². The van der Waals surface area contributed by atoms with Gasteiger partial charge in [0.15, 0.2) is 12.4 Å². The van der Waals surface area contributed by atoms with Crippen LogP contribution in [0.2, 0.25) is 0 Å². The van der Waals surface area contributed by atoms with Crippen molar-refractivity contribution < 1.29 is 23.5 Å². The minimum atomic E-state index is -0.436. The highest BCUT2D eigenvalue weighted by Gasteiger charge is 2.06. The number of anilines is 1. The van der Waals surface area contributed by atoms with E-state index in [0.717, 1.165) is 5.56 Å². The number of carbonyl (C=O) groups excluding carboxylic acids is 2. The first-order valence-electron chi connectivity index (χ1n) is 8.68. The third kappa shape index (κ3) is 5.96. The van der Waals surface area contributed by atoms with Gasteiger partial charge in [-0.15, -0.1) is 0 Å². The Hall–Kier alpha value is -4.07. The lowest BCUT2D eigenvalue weighted by atomic mass is 10.2. The summed E-state index contributed by atoms with van der Waals surface area (Å²) in [6.45, 7) is -0.126. The smallest absolute Gasteiger partial charge is 0.307 e. The van der Waals surface area contributed by atoms with E-state index in [1.54, 1.807) is 67.8 Å². The van der Waals surface area contributed by atoms with Crippen molar-refractivity contribution in [3.63, 3.8) is 0 Å². The molecule has 8 nitrogen and oxygen atoms in total. The second-order valence-corrected chi connectivity index (χ2v) is 5.81. The van der Waals surface area contributed by atoms with Crippen LogP contribution in [-0.2, 0) is 4.79 Å². The topological polar surface area (TPSA) is 102 Å². The molecule has 0 unspecified atom stereocenters. The molecule has 1 heterocycles. The van der Waals surface area contributed by atoms with E-state index < -0.39 is 5.91 Å². The standard InChI is InChI=1S/C21H19N3O5/c1-27-17-10-6-16(7-11-17)23-20(25)14-29-18-8-4-15(5-9-18)13-22-24-21(26)19-3-2-12-28-19/h2-13H,14H2,1H3,(H,23,25)(H,24,26)/b22-13-. The molecule has 0 atom stereocenters. The Morgan fingerprint density at radius 2 is 1.76 bits per heavy atom. The minimum Gasteiger partial charge on any atom is -0.497 e. The average Bonchev–Trinajstić information content (AvgIpc) is 3.29. The summed E-state index contributed by atoms with van der Waals surface area (Å²) in [6.07, 6.45) is 2.90. The van der Waals surface area contributed by atoms with Crippen molar-refractivity contribution in [3.05, 3.63) is 78.3 Å². The second-order valence-electron chi connectivity index (χ2n) is 5.81. The molecule has 0 saturated carbocycles. The van der Waals surface area contributed by atoms with Crippen molar-refractivity contribution in [2.75, 3.05) is 19.0 Å². The number of methoxy groups -OCH3 is 1. The molecule has 2 amide bonds. The normalized spacial score (nSPS) is 10.5. The van der Waals surface area contributed by atoms with E-state index in [0.29, 0.717) is 17.2 Å². The minimum absolute atomic E-state index is 0.126. The lowest BCUT2D eigenvalue weighted by molar-refractivity contribution is -0.118. The Kier molecular flexibility index (Phi) is 6.62.